The molecule has 0 fully saturated rings. The fraction of sp³-hybridized carbons (Fsp3) is 0.345. The van der Waals surface area contributed by atoms with Crippen molar-refractivity contribution in [3.63, 3.8) is 0 Å². The third-order valence-corrected chi connectivity index (χ3v) is 5.48. The first-order valence-electron chi connectivity index (χ1n) is 11.6. The molecule has 0 aromatic heterocycles. The minimum absolute atomic E-state index is 0.183. The van der Waals surface area contributed by atoms with Crippen molar-refractivity contribution in [2.24, 2.45) is 0 Å². The molecule has 0 bridgehead atoms. The molecule has 1 aliphatic heterocycles. The van der Waals surface area contributed by atoms with Crippen LogP contribution < -0.4 is 0 Å². The van der Waals surface area contributed by atoms with E-state index in [2.05, 4.69) is 73.0 Å². The van der Waals surface area contributed by atoms with E-state index in [0.29, 0.717) is 5.76 Å². The Morgan fingerprint density at radius 1 is 1.03 bits per heavy atom. The van der Waals surface area contributed by atoms with E-state index >= 15 is 0 Å². The number of cyclic esters (lactones) is 1. The maximum absolute atomic E-state index is 12.4. The molecule has 0 N–H and O–H groups in total. The maximum atomic E-state index is 12.4. The van der Waals surface area contributed by atoms with Gasteiger partial charge in [0, 0.05) is 32.6 Å². The number of rotatable bonds is 7. The quantitative estimate of drug-likeness (QED) is 0.439. The van der Waals surface area contributed by atoms with Gasteiger partial charge in [0.05, 0.1) is 6.42 Å². The molecule has 4 heteroatoms. The molecule has 3 rings (SSSR count). The average molecular weight is 446 g/mol. The normalized spacial score (nSPS) is 20.6. The zero-order chi connectivity index (χ0) is 23.7. The topological polar surface area (TPSA) is 38.8 Å². The van der Waals surface area contributed by atoms with Crippen LogP contribution in [0.15, 0.2) is 96.5 Å². The number of ether oxygens (including phenoxy) is 2. The summed E-state index contributed by atoms with van der Waals surface area (Å²) in [6.07, 6.45) is 19.8. The Hall–Kier alpha value is -3.27. The lowest BCUT2D eigenvalue weighted by atomic mass is 10.1. The highest BCUT2D eigenvalue weighted by molar-refractivity contribution is 5.71. The Morgan fingerprint density at radius 2 is 1.82 bits per heavy atom. The van der Waals surface area contributed by atoms with Gasteiger partial charge in [0.1, 0.15) is 5.76 Å². The minimum Gasteiger partial charge on any atom is -0.453 e. The van der Waals surface area contributed by atoms with Crippen LogP contribution in [-0.2, 0) is 20.8 Å². The van der Waals surface area contributed by atoms with Crippen molar-refractivity contribution < 1.29 is 14.3 Å². The summed E-state index contributed by atoms with van der Waals surface area (Å²) in [5.41, 5.74) is 4.79. The number of nitrogens with zero attached hydrogens (tertiary/aromatic N) is 1. The summed E-state index contributed by atoms with van der Waals surface area (Å²) >= 11 is 0. The molecule has 1 aromatic carbocycles. The number of benzene rings is 1. The SMILES string of the molecule is C=C1/C=C\C(N(CCCC2=CCC=CC=C2)Cc2ccc(C)cc2)=C/CC(=O)OC(C)(C)O1. The zero-order valence-corrected chi connectivity index (χ0v) is 20.0. The van der Waals surface area contributed by atoms with E-state index in [1.807, 2.05) is 18.2 Å². The predicted molar refractivity (Wildman–Crippen MR) is 134 cm³/mol. The van der Waals surface area contributed by atoms with Crippen molar-refractivity contribution in [2.45, 2.75) is 58.8 Å². The highest BCUT2D eigenvalue weighted by Crippen LogP contribution is 2.22. The fourth-order valence-electron chi connectivity index (χ4n) is 3.85. The Balaban J connectivity index is 1.79. The van der Waals surface area contributed by atoms with Gasteiger partial charge >= 0.3 is 5.97 Å². The number of aryl methyl sites for hydroxylation is 1. The van der Waals surface area contributed by atoms with Gasteiger partial charge in [0.15, 0.2) is 0 Å². The van der Waals surface area contributed by atoms with Gasteiger partial charge in [-0.25, -0.2) is 0 Å². The first kappa shape index (κ1) is 24.4. The number of allylic oxidation sites excluding steroid dienone is 8. The van der Waals surface area contributed by atoms with Crippen LogP contribution in [0.5, 0.6) is 0 Å². The Kier molecular flexibility index (Phi) is 8.53. The Bertz CT molecular complexity index is 990. The molecule has 1 heterocycles. The summed E-state index contributed by atoms with van der Waals surface area (Å²) < 4.78 is 11.2. The van der Waals surface area contributed by atoms with Crippen LogP contribution in [0.25, 0.3) is 0 Å². The molecular weight excluding hydrogens is 410 g/mol. The largest absolute Gasteiger partial charge is 0.453 e. The van der Waals surface area contributed by atoms with Gasteiger partial charge in [-0.3, -0.25) is 4.79 Å². The molecule has 33 heavy (non-hydrogen) atoms. The molecule has 0 amide bonds. The zero-order valence-electron chi connectivity index (χ0n) is 20.0. The second-order valence-corrected chi connectivity index (χ2v) is 8.92. The van der Waals surface area contributed by atoms with E-state index in [4.69, 9.17) is 9.47 Å². The molecule has 0 saturated carbocycles. The van der Waals surface area contributed by atoms with Crippen molar-refractivity contribution in [3.05, 3.63) is 108 Å². The van der Waals surface area contributed by atoms with E-state index in [9.17, 15) is 4.79 Å². The number of hydrogen-bond acceptors (Lipinski definition) is 4. The molecule has 0 radical (unpaired) electrons. The highest BCUT2D eigenvalue weighted by Gasteiger charge is 2.25. The van der Waals surface area contributed by atoms with Crippen molar-refractivity contribution in [2.75, 3.05) is 6.54 Å². The van der Waals surface area contributed by atoms with Gasteiger partial charge in [-0.05, 0) is 50.0 Å². The van der Waals surface area contributed by atoms with E-state index in [1.165, 1.54) is 16.7 Å². The van der Waals surface area contributed by atoms with Gasteiger partial charge in [0.25, 0.3) is 0 Å². The molecule has 4 nitrogen and oxygen atoms in total. The molecule has 1 aromatic rings. The van der Waals surface area contributed by atoms with Crippen LogP contribution in [0.4, 0.5) is 0 Å². The summed E-state index contributed by atoms with van der Waals surface area (Å²) in [7, 11) is 0. The van der Waals surface area contributed by atoms with Gasteiger partial charge in [0.2, 0.25) is 5.79 Å². The molecule has 174 valence electrons. The lowest BCUT2D eigenvalue weighted by molar-refractivity contribution is -0.199. The minimum atomic E-state index is -1.04. The van der Waals surface area contributed by atoms with Crippen LogP contribution in [0.3, 0.4) is 0 Å². The highest BCUT2D eigenvalue weighted by atomic mass is 16.7. The summed E-state index contributed by atoms with van der Waals surface area (Å²) in [6.45, 7) is 11.1. The van der Waals surface area contributed by atoms with E-state index in [0.717, 1.165) is 38.0 Å². The molecule has 0 unspecified atom stereocenters. The number of carbonyl (C=O) groups excluding carboxylic acids is 1. The van der Waals surface area contributed by atoms with Gasteiger partial charge in [-0.2, -0.15) is 0 Å². The van der Waals surface area contributed by atoms with Crippen molar-refractivity contribution >= 4 is 5.97 Å². The van der Waals surface area contributed by atoms with Crippen LogP contribution in [-0.4, -0.2) is 23.2 Å². The fourth-order valence-corrected chi connectivity index (χ4v) is 3.85. The first-order valence-corrected chi connectivity index (χ1v) is 11.6. The van der Waals surface area contributed by atoms with E-state index < -0.39 is 5.79 Å². The van der Waals surface area contributed by atoms with Crippen LogP contribution in [0, 0.1) is 6.92 Å². The second-order valence-electron chi connectivity index (χ2n) is 8.92. The van der Waals surface area contributed by atoms with E-state index in [-0.39, 0.29) is 12.4 Å². The molecule has 0 spiro atoms. The third kappa shape index (κ3) is 8.30. The molecule has 1 aliphatic carbocycles. The summed E-state index contributed by atoms with van der Waals surface area (Å²) in [5, 5.41) is 0. The summed E-state index contributed by atoms with van der Waals surface area (Å²) in [5.74, 6) is -0.908. The van der Waals surface area contributed by atoms with Crippen LogP contribution in [0.1, 0.15) is 50.7 Å². The second kappa shape index (κ2) is 11.6. The molecule has 0 saturated heterocycles. The van der Waals surface area contributed by atoms with E-state index in [1.54, 1.807) is 13.8 Å². The van der Waals surface area contributed by atoms with Crippen molar-refractivity contribution in [1.82, 2.24) is 4.90 Å². The standard InChI is InChI=1S/C29H35NO3/c1-23-13-16-26(17-14-23)22-30(21-9-12-25-10-7-5-6-8-11-25)27-18-15-24(2)32-29(3,4)33-28(31)20-19-27/h5-7,10-11,13-19H,2,8-9,12,20-22H2,1,3-4H3/b18-15-,27-19+. The lowest BCUT2D eigenvalue weighted by Crippen LogP contribution is -2.31. The Morgan fingerprint density at radius 3 is 2.61 bits per heavy atom. The average Bonchev–Trinajstić information content (AvgIpc) is 3.02. The van der Waals surface area contributed by atoms with Crippen molar-refractivity contribution in [1.29, 1.82) is 0 Å². The van der Waals surface area contributed by atoms with Gasteiger partial charge in [-0.1, -0.05) is 72.4 Å². The van der Waals surface area contributed by atoms with Crippen molar-refractivity contribution in [3.8, 4) is 0 Å². The maximum Gasteiger partial charge on any atom is 0.312 e. The molecule has 2 aliphatic rings. The van der Waals surface area contributed by atoms with Crippen LogP contribution >= 0.6 is 0 Å². The number of esters is 1. The Labute approximate surface area is 198 Å². The third-order valence-electron chi connectivity index (χ3n) is 5.48. The van der Waals surface area contributed by atoms with Gasteiger partial charge < -0.3 is 14.4 Å². The molecule has 0 atom stereocenters. The monoisotopic (exact) mass is 445 g/mol. The first-order chi connectivity index (χ1) is 15.8. The number of hydrogen-bond donors (Lipinski definition) is 0. The molecular formula is C29H35NO3. The number of carbonyl (C=O) groups is 1. The van der Waals surface area contributed by atoms with Gasteiger partial charge in [-0.15, -0.1) is 0 Å². The summed E-state index contributed by atoms with van der Waals surface area (Å²) in [6, 6.07) is 8.59. The lowest BCUT2D eigenvalue weighted by Gasteiger charge is -2.29. The predicted octanol–water partition coefficient (Wildman–Crippen LogP) is 6.67. The summed E-state index contributed by atoms with van der Waals surface area (Å²) in [4.78, 5) is 14.7. The smallest absolute Gasteiger partial charge is 0.312 e. The van der Waals surface area contributed by atoms with Crippen LogP contribution in [0.2, 0.25) is 0 Å².